The summed E-state index contributed by atoms with van der Waals surface area (Å²) in [5.74, 6) is 0.779. The lowest BCUT2D eigenvalue weighted by Gasteiger charge is -2.15. The molecule has 4 heteroatoms. The van der Waals surface area contributed by atoms with Crippen LogP contribution in [0.15, 0.2) is 24.4 Å². The molecule has 0 radical (unpaired) electrons. The summed E-state index contributed by atoms with van der Waals surface area (Å²) in [4.78, 5) is 7.07. The molecular formula is C14H19N3S. The lowest BCUT2D eigenvalue weighted by Crippen LogP contribution is -2.19. The van der Waals surface area contributed by atoms with E-state index in [9.17, 15) is 0 Å². The van der Waals surface area contributed by atoms with Crippen LogP contribution in [0, 0.1) is 13.8 Å². The first-order valence-electron chi connectivity index (χ1n) is 6.08. The Balaban J connectivity index is 2.00. The second-order valence-corrected chi connectivity index (χ2v) is 6.08. The molecule has 0 spiro atoms. The highest BCUT2D eigenvalue weighted by molar-refractivity contribution is 7.11. The van der Waals surface area contributed by atoms with Crippen molar-refractivity contribution < 1.29 is 0 Å². The minimum Gasteiger partial charge on any atom is -0.396 e. The van der Waals surface area contributed by atoms with Crippen molar-refractivity contribution >= 4 is 22.8 Å². The monoisotopic (exact) mass is 261 g/mol. The van der Waals surface area contributed by atoms with Crippen molar-refractivity contribution in [2.75, 3.05) is 11.1 Å². The predicted molar refractivity (Wildman–Crippen MR) is 79.2 cm³/mol. The number of aromatic nitrogens is 1. The number of nitrogens with zero attached hydrogens (tertiary/aromatic N) is 1. The minimum atomic E-state index is 0.320. The number of nitrogens with one attached hydrogen (secondary N) is 1. The quantitative estimate of drug-likeness (QED) is 0.887. The molecular weight excluding hydrogens is 242 g/mol. The van der Waals surface area contributed by atoms with Gasteiger partial charge in [0.25, 0.3) is 0 Å². The van der Waals surface area contributed by atoms with Gasteiger partial charge in [0.15, 0.2) is 0 Å². The summed E-state index contributed by atoms with van der Waals surface area (Å²) >= 11 is 1.84. The fourth-order valence-corrected chi connectivity index (χ4v) is 2.91. The van der Waals surface area contributed by atoms with Gasteiger partial charge in [-0.25, -0.2) is 4.98 Å². The van der Waals surface area contributed by atoms with Crippen molar-refractivity contribution in [3.63, 3.8) is 0 Å². The molecule has 0 bridgehead atoms. The maximum atomic E-state index is 5.94. The number of thiophene rings is 1. The summed E-state index contributed by atoms with van der Waals surface area (Å²) in [5, 5.41) is 3.37. The zero-order chi connectivity index (χ0) is 13.1. The van der Waals surface area contributed by atoms with Gasteiger partial charge in [-0.3, -0.25) is 0 Å². The van der Waals surface area contributed by atoms with Gasteiger partial charge in [-0.2, -0.15) is 0 Å². The molecule has 0 aliphatic heterocycles. The van der Waals surface area contributed by atoms with Crippen LogP contribution in [0.4, 0.5) is 11.5 Å². The largest absolute Gasteiger partial charge is 0.396 e. The molecule has 3 nitrogen and oxygen atoms in total. The molecule has 2 aromatic rings. The summed E-state index contributed by atoms with van der Waals surface area (Å²) in [7, 11) is 0. The molecule has 0 saturated carbocycles. The summed E-state index contributed by atoms with van der Waals surface area (Å²) in [6.45, 7) is 6.27. The maximum Gasteiger partial charge on any atom is 0.149 e. The average molecular weight is 261 g/mol. The van der Waals surface area contributed by atoms with Gasteiger partial charge in [0.1, 0.15) is 5.82 Å². The van der Waals surface area contributed by atoms with Gasteiger partial charge in [-0.05, 0) is 44.5 Å². The van der Waals surface area contributed by atoms with Crippen LogP contribution in [0.1, 0.15) is 22.2 Å². The van der Waals surface area contributed by atoms with Gasteiger partial charge < -0.3 is 11.1 Å². The number of hydrogen-bond acceptors (Lipinski definition) is 4. The van der Waals surface area contributed by atoms with Gasteiger partial charge >= 0.3 is 0 Å². The average Bonchev–Trinajstić information content (AvgIpc) is 2.68. The van der Waals surface area contributed by atoms with Crippen molar-refractivity contribution in [1.82, 2.24) is 4.98 Å². The molecule has 0 aromatic carbocycles. The van der Waals surface area contributed by atoms with Crippen LogP contribution >= 0.6 is 11.3 Å². The van der Waals surface area contributed by atoms with Gasteiger partial charge in [-0.1, -0.05) is 0 Å². The van der Waals surface area contributed by atoms with Crippen LogP contribution in [-0.2, 0) is 6.42 Å². The molecule has 18 heavy (non-hydrogen) atoms. The van der Waals surface area contributed by atoms with Crippen LogP contribution in [0.3, 0.4) is 0 Å². The van der Waals surface area contributed by atoms with E-state index < -0.39 is 0 Å². The fraction of sp³-hybridized carbons (Fsp3) is 0.357. The second kappa shape index (κ2) is 5.40. The highest BCUT2D eigenvalue weighted by Gasteiger charge is 2.08. The van der Waals surface area contributed by atoms with Crippen molar-refractivity contribution in [2.24, 2.45) is 0 Å². The van der Waals surface area contributed by atoms with E-state index in [1.54, 1.807) is 0 Å². The Morgan fingerprint density at radius 3 is 2.78 bits per heavy atom. The predicted octanol–water partition coefficient (Wildman–Crippen LogP) is 3.39. The Morgan fingerprint density at radius 1 is 1.39 bits per heavy atom. The van der Waals surface area contributed by atoms with Crippen LogP contribution in [0.5, 0.6) is 0 Å². The summed E-state index contributed by atoms with van der Waals surface area (Å²) < 4.78 is 0. The molecule has 3 N–H and O–H groups in total. The first-order valence-corrected chi connectivity index (χ1v) is 6.90. The number of hydrogen-bond donors (Lipinski definition) is 2. The molecule has 0 aliphatic rings. The zero-order valence-corrected chi connectivity index (χ0v) is 11.8. The number of aryl methyl sites for hydroxylation is 2. The highest BCUT2D eigenvalue weighted by Crippen LogP contribution is 2.20. The molecule has 0 aliphatic carbocycles. The molecule has 0 amide bonds. The SMILES string of the molecule is Cc1cnc(NC(C)Cc2ccc(C)s2)c(N)c1. The summed E-state index contributed by atoms with van der Waals surface area (Å²) in [6.07, 6.45) is 2.83. The molecule has 0 saturated heterocycles. The van der Waals surface area contributed by atoms with Crippen molar-refractivity contribution in [3.8, 4) is 0 Å². The summed E-state index contributed by atoms with van der Waals surface area (Å²) in [6, 6.07) is 6.60. The Bertz CT molecular complexity index is 534. The zero-order valence-electron chi connectivity index (χ0n) is 11.0. The number of pyridine rings is 1. The van der Waals surface area contributed by atoms with E-state index in [4.69, 9.17) is 5.73 Å². The number of nitrogens with two attached hydrogens (primary N) is 1. The van der Waals surface area contributed by atoms with E-state index in [1.165, 1.54) is 9.75 Å². The normalized spacial score (nSPS) is 12.4. The van der Waals surface area contributed by atoms with Crippen molar-refractivity contribution in [2.45, 2.75) is 33.2 Å². The third kappa shape index (κ3) is 3.23. The van der Waals surface area contributed by atoms with E-state index in [2.05, 4.69) is 36.3 Å². The van der Waals surface area contributed by atoms with E-state index in [1.807, 2.05) is 30.5 Å². The fourth-order valence-electron chi connectivity index (χ4n) is 1.89. The first kappa shape index (κ1) is 12.9. The van der Waals surface area contributed by atoms with Crippen LogP contribution < -0.4 is 11.1 Å². The van der Waals surface area contributed by atoms with Crippen molar-refractivity contribution in [1.29, 1.82) is 0 Å². The van der Waals surface area contributed by atoms with Crippen LogP contribution in [0.25, 0.3) is 0 Å². The lowest BCUT2D eigenvalue weighted by atomic mass is 10.2. The highest BCUT2D eigenvalue weighted by atomic mass is 32.1. The Hall–Kier alpha value is -1.55. The molecule has 1 atom stereocenters. The third-order valence-electron chi connectivity index (χ3n) is 2.74. The van der Waals surface area contributed by atoms with E-state index in [0.29, 0.717) is 11.7 Å². The molecule has 2 aromatic heterocycles. The second-order valence-electron chi connectivity index (χ2n) is 4.71. The Labute approximate surface area is 112 Å². The molecule has 2 rings (SSSR count). The van der Waals surface area contributed by atoms with Crippen molar-refractivity contribution in [3.05, 3.63) is 39.7 Å². The molecule has 0 fully saturated rings. The Kier molecular flexibility index (Phi) is 3.87. The lowest BCUT2D eigenvalue weighted by molar-refractivity contribution is 0.795. The van der Waals surface area contributed by atoms with E-state index in [0.717, 1.165) is 17.8 Å². The number of rotatable bonds is 4. The van der Waals surface area contributed by atoms with E-state index in [-0.39, 0.29) is 0 Å². The third-order valence-corrected chi connectivity index (χ3v) is 3.76. The van der Waals surface area contributed by atoms with Crippen LogP contribution in [0.2, 0.25) is 0 Å². The summed E-state index contributed by atoms with van der Waals surface area (Å²) in [5.41, 5.74) is 7.74. The van der Waals surface area contributed by atoms with Gasteiger partial charge in [0, 0.05) is 28.4 Å². The minimum absolute atomic E-state index is 0.320. The maximum absolute atomic E-state index is 5.94. The Morgan fingerprint density at radius 2 is 2.17 bits per heavy atom. The molecule has 2 heterocycles. The van der Waals surface area contributed by atoms with Gasteiger partial charge in [0.05, 0.1) is 5.69 Å². The smallest absolute Gasteiger partial charge is 0.149 e. The van der Waals surface area contributed by atoms with Crippen LogP contribution in [-0.4, -0.2) is 11.0 Å². The molecule has 1 unspecified atom stereocenters. The van der Waals surface area contributed by atoms with E-state index >= 15 is 0 Å². The number of anilines is 2. The standard InChI is InChI=1S/C14H19N3S/c1-9-6-13(15)14(16-8-9)17-10(2)7-12-5-4-11(3)18-12/h4-6,8,10H,7,15H2,1-3H3,(H,16,17). The van der Waals surface area contributed by atoms with Gasteiger partial charge in [-0.15, -0.1) is 11.3 Å². The first-order chi connectivity index (χ1) is 8.54. The molecule has 96 valence electrons. The van der Waals surface area contributed by atoms with Gasteiger partial charge in [0.2, 0.25) is 0 Å². The topological polar surface area (TPSA) is 50.9 Å². The number of nitrogen functional groups attached to an aromatic ring is 1.